The van der Waals surface area contributed by atoms with Gasteiger partial charge in [0.05, 0.1) is 6.10 Å². The van der Waals surface area contributed by atoms with E-state index in [1.54, 1.807) is 0 Å². The summed E-state index contributed by atoms with van der Waals surface area (Å²) in [4.78, 5) is 0. The van der Waals surface area contributed by atoms with Crippen LogP contribution >= 0.6 is 0 Å². The first-order valence-electron chi connectivity index (χ1n) is 5.68. The van der Waals surface area contributed by atoms with Crippen molar-refractivity contribution in [3.8, 4) is 0 Å². The van der Waals surface area contributed by atoms with E-state index in [1.165, 1.54) is 12.8 Å². The van der Waals surface area contributed by atoms with Gasteiger partial charge in [0.25, 0.3) is 0 Å². The molecule has 0 bridgehead atoms. The highest BCUT2D eigenvalue weighted by Gasteiger charge is 2.39. The number of rotatable bonds is 2. The molecule has 1 aliphatic carbocycles. The van der Waals surface area contributed by atoms with E-state index in [0.717, 1.165) is 18.8 Å². The van der Waals surface area contributed by atoms with Crippen molar-refractivity contribution in [3.63, 3.8) is 0 Å². The van der Waals surface area contributed by atoms with E-state index in [-0.39, 0.29) is 6.10 Å². The molecule has 0 aliphatic heterocycles. The third-order valence-electron chi connectivity index (χ3n) is 4.51. The van der Waals surface area contributed by atoms with Crippen molar-refractivity contribution in [2.45, 2.75) is 59.5 Å². The first-order valence-corrected chi connectivity index (χ1v) is 5.68. The second-order valence-electron chi connectivity index (χ2n) is 5.14. The molecule has 0 aromatic rings. The summed E-state index contributed by atoms with van der Waals surface area (Å²) in [5.41, 5.74) is 0.466. The lowest BCUT2D eigenvalue weighted by molar-refractivity contribution is -0.00708. The Morgan fingerprint density at radius 2 is 2.15 bits per heavy atom. The van der Waals surface area contributed by atoms with Crippen molar-refractivity contribution in [1.82, 2.24) is 0 Å². The van der Waals surface area contributed by atoms with Gasteiger partial charge in [0.1, 0.15) is 0 Å². The van der Waals surface area contributed by atoms with E-state index in [1.807, 2.05) is 0 Å². The maximum Gasteiger partial charge on any atom is 0.0543 e. The van der Waals surface area contributed by atoms with Gasteiger partial charge in [0.2, 0.25) is 0 Å². The standard InChI is InChI=1S/C12H24O/c1-5-9(2)12(4)7-6-11(13)8-10(12)3/h9-11,13H,5-8H2,1-4H3. The molecule has 1 aliphatic rings. The molecule has 1 N–H and O–H groups in total. The van der Waals surface area contributed by atoms with Crippen LogP contribution in [0.3, 0.4) is 0 Å². The Morgan fingerprint density at radius 3 is 2.62 bits per heavy atom. The van der Waals surface area contributed by atoms with E-state index < -0.39 is 0 Å². The number of hydrogen-bond acceptors (Lipinski definition) is 1. The highest BCUT2D eigenvalue weighted by atomic mass is 16.3. The van der Waals surface area contributed by atoms with E-state index in [9.17, 15) is 5.11 Å². The van der Waals surface area contributed by atoms with E-state index in [4.69, 9.17) is 0 Å². The van der Waals surface area contributed by atoms with E-state index in [0.29, 0.717) is 11.3 Å². The van der Waals surface area contributed by atoms with Gasteiger partial charge in [-0.15, -0.1) is 0 Å². The second-order valence-corrected chi connectivity index (χ2v) is 5.14. The summed E-state index contributed by atoms with van der Waals surface area (Å²) in [5, 5.41) is 9.57. The lowest BCUT2D eigenvalue weighted by atomic mass is 9.61. The Labute approximate surface area is 82.5 Å². The molecular formula is C12H24O. The van der Waals surface area contributed by atoms with Crippen molar-refractivity contribution in [1.29, 1.82) is 0 Å². The Kier molecular flexibility index (Phi) is 3.39. The van der Waals surface area contributed by atoms with Gasteiger partial charge in [-0.25, -0.2) is 0 Å². The lowest BCUT2D eigenvalue weighted by Gasteiger charge is -2.45. The smallest absolute Gasteiger partial charge is 0.0543 e. The zero-order valence-corrected chi connectivity index (χ0v) is 9.51. The predicted molar refractivity (Wildman–Crippen MR) is 56.6 cm³/mol. The Morgan fingerprint density at radius 1 is 1.54 bits per heavy atom. The van der Waals surface area contributed by atoms with Gasteiger partial charge < -0.3 is 5.11 Å². The largest absolute Gasteiger partial charge is 0.393 e. The van der Waals surface area contributed by atoms with Gasteiger partial charge in [-0.05, 0) is 36.5 Å². The minimum absolute atomic E-state index is 0.0351. The second kappa shape index (κ2) is 4.00. The van der Waals surface area contributed by atoms with Crippen molar-refractivity contribution in [2.75, 3.05) is 0 Å². The molecule has 0 saturated heterocycles. The summed E-state index contributed by atoms with van der Waals surface area (Å²) in [6.45, 7) is 9.33. The molecule has 1 saturated carbocycles. The van der Waals surface area contributed by atoms with Crippen molar-refractivity contribution < 1.29 is 5.11 Å². The summed E-state index contributed by atoms with van der Waals surface area (Å²) in [5.74, 6) is 1.46. The van der Waals surface area contributed by atoms with Crippen LogP contribution in [0.1, 0.15) is 53.4 Å². The molecule has 0 amide bonds. The SMILES string of the molecule is CCC(C)C1(C)CCC(O)CC1C. The average Bonchev–Trinajstić information content (AvgIpc) is 2.11. The Bertz CT molecular complexity index is 167. The summed E-state index contributed by atoms with van der Waals surface area (Å²) in [7, 11) is 0. The van der Waals surface area contributed by atoms with Crippen LogP contribution in [-0.4, -0.2) is 11.2 Å². The summed E-state index contributed by atoms with van der Waals surface area (Å²) >= 11 is 0. The van der Waals surface area contributed by atoms with Crippen molar-refractivity contribution in [3.05, 3.63) is 0 Å². The molecule has 0 aromatic heterocycles. The minimum atomic E-state index is -0.0351. The van der Waals surface area contributed by atoms with E-state index in [2.05, 4.69) is 27.7 Å². The fourth-order valence-electron chi connectivity index (χ4n) is 2.72. The Balaban J connectivity index is 2.67. The van der Waals surface area contributed by atoms with Crippen molar-refractivity contribution >= 4 is 0 Å². The number of aliphatic hydroxyl groups is 1. The third-order valence-corrected chi connectivity index (χ3v) is 4.51. The molecule has 4 atom stereocenters. The normalized spacial score (nSPS) is 43.2. The molecule has 78 valence electrons. The highest BCUT2D eigenvalue weighted by molar-refractivity contribution is 4.90. The van der Waals surface area contributed by atoms with Gasteiger partial charge in [-0.1, -0.05) is 34.1 Å². The fraction of sp³-hybridized carbons (Fsp3) is 1.00. The van der Waals surface area contributed by atoms with Crippen molar-refractivity contribution in [2.24, 2.45) is 17.3 Å². The molecule has 0 heterocycles. The van der Waals surface area contributed by atoms with Gasteiger partial charge in [-0.2, -0.15) is 0 Å². The molecule has 1 nitrogen and oxygen atoms in total. The molecular weight excluding hydrogens is 160 g/mol. The lowest BCUT2D eigenvalue weighted by Crippen LogP contribution is -2.39. The number of aliphatic hydroxyl groups excluding tert-OH is 1. The van der Waals surface area contributed by atoms with Crippen LogP contribution in [0.4, 0.5) is 0 Å². The molecule has 1 fully saturated rings. The van der Waals surface area contributed by atoms with Crippen LogP contribution in [0.15, 0.2) is 0 Å². The van der Waals surface area contributed by atoms with Gasteiger partial charge in [0, 0.05) is 0 Å². The van der Waals surface area contributed by atoms with Crippen LogP contribution in [0, 0.1) is 17.3 Å². The monoisotopic (exact) mass is 184 g/mol. The average molecular weight is 184 g/mol. The Hall–Kier alpha value is -0.0400. The predicted octanol–water partition coefficient (Wildman–Crippen LogP) is 3.22. The molecule has 0 aromatic carbocycles. The fourth-order valence-corrected chi connectivity index (χ4v) is 2.72. The van der Waals surface area contributed by atoms with Crippen LogP contribution in [0.5, 0.6) is 0 Å². The van der Waals surface area contributed by atoms with Gasteiger partial charge in [-0.3, -0.25) is 0 Å². The molecule has 13 heavy (non-hydrogen) atoms. The van der Waals surface area contributed by atoms with Crippen LogP contribution < -0.4 is 0 Å². The summed E-state index contributed by atoms with van der Waals surface area (Å²) in [6, 6.07) is 0. The minimum Gasteiger partial charge on any atom is -0.393 e. The van der Waals surface area contributed by atoms with Gasteiger partial charge >= 0.3 is 0 Å². The summed E-state index contributed by atoms with van der Waals surface area (Å²) < 4.78 is 0. The van der Waals surface area contributed by atoms with E-state index >= 15 is 0 Å². The molecule has 0 radical (unpaired) electrons. The molecule has 1 heteroatoms. The maximum absolute atomic E-state index is 9.57. The van der Waals surface area contributed by atoms with Crippen LogP contribution in [0.25, 0.3) is 0 Å². The highest BCUT2D eigenvalue weighted by Crippen LogP contribution is 2.47. The number of hydrogen-bond donors (Lipinski definition) is 1. The maximum atomic E-state index is 9.57. The zero-order chi connectivity index (χ0) is 10.1. The molecule has 1 rings (SSSR count). The molecule has 0 spiro atoms. The third kappa shape index (κ3) is 2.07. The topological polar surface area (TPSA) is 20.2 Å². The van der Waals surface area contributed by atoms with Crippen LogP contribution in [0.2, 0.25) is 0 Å². The first-order chi connectivity index (χ1) is 6.00. The van der Waals surface area contributed by atoms with Gasteiger partial charge in [0.15, 0.2) is 0 Å². The molecule has 4 unspecified atom stereocenters. The first kappa shape index (κ1) is 11.0. The quantitative estimate of drug-likeness (QED) is 0.698. The van der Waals surface area contributed by atoms with Crippen LogP contribution in [-0.2, 0) is 0 Å². The summed E-state index contributed by atoms with van der Waals surface area (Å²) in [6.07, 6.45) is 4.43. The zero-order valence-electron chi connectivity index (χ0n) is 9.51.